The van der Waals surface area contributed by atoms with Gasteiger partial charge in [0.25, 0.3) is 0 Å². The van der Waals surface area contributed by atoms with Gasteiger partial charge >= 0.3 is 11.9 Å². The molecule has 0 radical (unpaired) electrons. The smallest absolute Gasteiger partial charge is 0.327 e. The van der Waals surface area contributed by atoms with E-state index in [1.54, 1.807) is 12.0 Å². The number of rotatable bonds is 10. The van der Waals surface area contributed by atoms with Gasteiger partial charge in [0, 0.05) is 6.54 Å². The van der Waals surface area contributed by atoms with Crippen LogP contribution in [0.15, 0.2) is 60.7 Å². The normalized spacial score (nSPS) is 18.8. The zero-order chi connectivity index (χ0) is 23.0. The number of carbonyl (C=O) groups is 2. The molecular weight excluding hydrogens is 414 g/mol. The van der Waals surface area contributed by atoms with Crippen LogP contribution in [-0.2, 0) is 46.5 Å². The SMILES string of the molecule is COC(=O)C1(C(=O)OC)CN(Cc2ccccc2)O[C@@H]1[C@H](C)OCOCc1ccccc1. The summed E-state index contributed by atoms with van der Waals surface area (Å²) in [7, 11) is 2.47. The maximum absolute atomic E-state index is 12.8. The van der Waals surface area contributed by atoms with Crippen LogP contribution in [0.1, 0.15) is 18.1 Å². The van der Waals surface area contributed by atoms with E-state index in [-0.39, 0.29) is 13.3 Å². The first-order valence-corrected chi connectivity index (χ1v) is 10.4. The maximum atomic E-state index is 12.8. The highest BCUT2D eigenvalue weighted by Gasteiger charge is 2.63. The van der Waals surface area contributed by atoms with Crippen molar-refractivity contribution in [3.63, 3.8) is 0 Å². The highest BCUT2D eigenvalue weighted by molar-refractivity contribution is 6.01. The molecule has 1 aliphatic heterocycles. The minimum Gasteiger partial charge on any atom is -0.468 e. The fraction of sp³-hybridized carbons (Fsp3) is 0.417. The monoisotopic (exact) mass is 443 g/mol. The Morgan fingerprint density at radius 3 is 2.12 bits per heavy atom. The van der Waals surface area contributed by atoms with Crippen molar-refractivity contribution in [2.45, 2.75) is 32.3 Å². The second-order valence-corrected chi connectivity index (χ2v) is 7.59. The molecule has 3 rings (SSSR count). The molecule has 0 saturated carbocycles. The first-order valence-electron chi connectivity index (χ1n) is 10.4. The summed E-state index contributed by atoms with van der Waals surface area (Å²) in [6.45, 7) is 2.42. The van der Waals surface area contributed by atoms with Gasteiger partial charge < -0.3 is 18.9 Å². The number of ether oxygens (including phenoxy) is 4. The van der Waals surface area contributed by atoms with E-state index in [2.05, 4.69) is 0 Å². The third kappa shape index (κ3) is 5.34. The molecule has 0 bridgehead atoms. The minimum atomic E-state index is -1.68. The molecule has 0 unspecified atom stereocenters. The van der Waals surface area contributed by atoms with Crippen molar-refractivity contribution in [3.8, 4) is 0 Å². The summed E-state index contributed by atoms with van der Waals surface area (Å²) in [5.74, 6) is -1.46. The Labute approximate surface area is 187 Å². The molecule has 2 aromatic rings. The second-order valence-electron chi connectivity index (χ2n) is 7.59. The first-order chi connectivity index (χ1) is 15.5. The highest BCUT2D eigenvalue weighted by Crippen LogP contribution is 2.39. The van der Waals surface area contributed by atoms with Crippen LogP contribution in [0, 0.1) is 5.41 Å². The Balaban J connectivity index is 1.72. The fourth-order valence-electron chi connectivity index (χ4n) is 3.81. The quantitative estimate of drug-likeness (QED) is 0.240. The van der Waals surface area contributed by atoms with E-state index in [9.17, 15) is 9.59 Å². The van der Waals surface area contributed by atoms with Gasteiger partial charge in [-0.15, -0.1) is 0 Å². The van der Waals surface area contributed by atoms with E-state index >= 15 is 0 Å². The third-order valence-corrected chi connectivity index (χ3v) is 5.43. The summed E-state index contributed by atoms with van der Waals surface area (Å²) in [5.41, 5.74) is 0.293. The summed E-state index contributed by atoms with van der Waals surface area (Å²) < 4.78 is 21.4. The largest absolute Gasteiger partial charge is 0.468 e. The van der Waals surface area contributed by atoms with Crippen LogP contribution in [0.5, 0.6) is 0 Å². The van der Waals surface area contributed by atoms with Gasteiger partial charge in [-0.05, 0) is 18.1 Å². The summed E-state index contributed by atoms with van der Waals surface area (Å²) in [6.07, 6.45) is -1.61. The predicted molar refractivity (Wildman–Crippen MR) is 115 cm³/mol. The molecule has 0 aromatic heterocycles. The third-order valence-electron chi connectivity index (χ3n) is 5.43. The fourth-order valence-corrected chi connectivity index (χ4v) is 3.81. The summed E-state index contributed by atoms with van der Waals surface area (Å²) in [4.78, 5) is 31.8. The van der Waals surface area contributed by atoms with Gasteiger partial charge in [-0.2, -0.15) is 5.06 Å². The van der Waals surface area contributed by atoms with Gasteiger partial charge in [0.2, 0.25) is 5.41 Å². The lowest BCUT2D eigenvalue weighted by molar-refractivity contribution is -0.213. The van der Waals surface area contributed by atoms with Gasteiger partial charge in [0.1, 0.15) is 12.9 Å². The Hall–Kier alpha value is -2.78. The molecule has 0 amide bonds. The average Bonchev–Trinajstić information content (AvgIpc) is 3.22. The Morgan fingerprint density at radius 1 is 1.00 bits per heavy atom. The molecule has 1 aliphatic rings. The number of nitrogens with zero attached hydrogens (tertiary/aromatic N) is 1. The second kappa shape index (κ2) is 11.2. The molecule has 2 aromatic carbocycles. The minimum absolute atomic E-state index is 0.0233. The van der Waals surface area contributed by atoms with Crippen LogP contribution in [0.2, 0.25) is 0 Å². The van der Waals surface area contributed by atoms with Crippen molar-refractivity contribution in [1.82, 2.24) is 5.06 Å². The van der Waals surface area contributed by atoms with Crippen LogP contribution in [0.4, 0.5) is 0 Å². The molecular formula is C24H29NO7. The van der Waals surface area contributed by atoms with Crippen molar-refractivity contribution in [3.05, 3.63) is 71.8 Å². The summed E-state index contributed by atoms with van der Waals surface area (Å²) in [5, 5.41) is 1.57. The van der Waals surface area contributed by atoms with Gasteiger partial charge in [0.05, 0.1) is 33.5 Å². The number of carbonyl (C=O) groups excluding carboxylic acids is 2. The van der Waals surface area contributed by atoms with Gasteiger partial charge in [-0.1, -0.05) is 60.7 Å². The van der Waals surface area contributed by atoms with Crippen molar-refractivity contribution in [1.29, 1.82) is 0 Å². The molecule has 1 fully saturated rings. The molecule has 2 atom stereocenters. The first kappa shape index (κ1) is 23.9. The van der Waals surface area contributed by atoms with E-state index in [0.29, 0.717) is 13.2 Å². The zero-order valence-corrected chi connectivity index (χ0v) is 18.6. The van der Waals surface area contributed by atoms with Crippen LogP contribution >= 0.6 is 0 Å². The van der Waals surface area contributed by atoms with Crippen molar-refractivity contribution in [2.75, 3.05) is 27.6 Å². The lowest BCUT2D eigenvalue weighted by Crippen LogP contribution is -2.54. The number of benzene rings is 2. The Bertz CT molecular complexity index is 858. The Morgan fingerprint density at radius 2 is 1.56 bits per heavy atom. The van der Waals surface area contributed by atoms with Gasteiger partial charge in [0.15, 0.2) is 0 Å². The van der Waals surface area contributed by atoms with Crippen LogP contribution < -0.4 is 0 Å². The molecule has 0 N–H and O–H groups in total. The van der Waals surface area contributed by atoms with Crippen molar-refractivity contribution < 1.29 is 33.4 Å². The van der Waals surface area contributed by atoms with Gasteiger partial charge in [-0.3, -0.25) is 14.4 Å². The van der Waals surface area contributed by atoms with E-state index in [1.807, 2.05) is 60.7 Å². The van der Waals surface area contributed by atoms with E-state index in [1.165, 1.54) is 14.2 Å². The lowest BCUT2D eigenvalue weighted by atomic mass is 9.80. The average molecular weight is 443 g/mol. The molecule has 8 nitrogen and oxygen atoms in total. The maximum Gasteiger partial charge on any atom is 0.327 e. The zero-order valence-electron chi connectivity index (χ0n) is 18.6. The molecule has 0 aliphatic carbocycles. The van der Waals surface area contributed by atoms with Crippen molar-refractivity contribution >= 4 is 11.9 Å². The number of esters is 2. The predicted octanol–water partition coefficient (Wildman–Crippen LogP) is 2.71. The summed E-state index contributed by atoms with van der Waals surface area (Å²) >= 11 is 0. The van der Waals surface area contributed by atoms with Crippen LogP contribution in [0.3, 0.4) is 0 Å². The number of hydroxylamine groups is 2. The standard InChI is InChI=1S/C24H29NO7/c1-18(31-17-30-15-20-12-8-5-9-13-20)21-24(22(26)28-2,23(27)29-3)16-25(32-21)14-19-10-6-4-7-11-19/h4-13,18,21H,14-17H2,1-3H3/t18-,21+/m0/s1. The number of hydrogen-bond acceptors (Lipinski definition) is 8. The molecule has 0 spiro atoms. The van der Waals surface area contributed by atoms with Gasteiger partial charge in [-0.25, -0.2) is 0 Å². The molecule has 32 heavy (non-hydrogen) atoms. The van der Waals surface area contributed by atoms with Crippen LogP contribution in [-0.4, -0.2) is 56.8 Å². The highest BCUT2D eigenvalue weighted by atomic mass is 16.7. The summed E-state index contributed by atoms with van der Waals surface area (Å²) in [6, 6.07) is 19.3. The van der Waals surface area contributed by atoms with Crippen LogP contribution in [0.25, 0.3) is 0 Å². The number of methoxy groups -OCH3 is 2. The number of hydrogen-bond donors (Lipinski definition) is 0. The van der Waals surface area contributed by atoms with E-state index in [0.717, 1.165) is 11.1 Å². The van der Waals surface area contributed by atoms with E-state index < -0.39 is 29.6 Å². The molecule has 1 saturated heterocycles. The Kier molecular flexibility index (Phi) is 8.35. The molecule has 1 heterocycles. The molecule has 172 valence electrons. The van der Waals surface area contributed by atoms with E-state index in [4.69, 9.17) is 23.8 Å². The molecule has 8 heteroatoms. The van der Waals surface area contributed by atoms with Crippen molar-refractivity contribution in [2.24, 2.45) is 5.41 Å². The topological polar surface area (TPSA) is 83.5 Å². The lowest BCUT2D eigenvalue weighted by Gasteiger charge is -2.30.